The van der Waals surface area contributed by atoms with Crippen LogP contribution in [0.5, 0.6) is 0 Å². The molecule has 0 aliphatic heterocycles. The van der Waals surface area contributed by atoms with E-state index in [0.717, 1.165) is 0 Å². The minimum Gasteiger partial charge on any atom is -0.480 e. The quantitative estimate of drug-likeness (QED) is 0.799. The summed E-state index contributed by atoms with van der Waals surface area (Å²) in [6, 6.07) is 5.25. The number of nitrogens with one attached hydrogen (secondary N) is 1. The Morgan fingerprint density at radius 3 is 2.62 bits per heavy atom. The first-order valence-electron chi connectivity index (χ1n) is 6.01. The number of carbonyl (C=O) groups excluding carboxylic acids is 1. The summed E-state index contributed by atoms with van der Waals surface area (Å²) in [5, 5.41) is 18.6. The lowest BCUT2D eigenvalue weighted by molar-refractivity contribution is -0.140. The van der Waals surface area contributed by atoms with Crippen molar-refractivity contribution in [3.63, 3.8) is 0 Å². The van der Waals surface area contributed by atoms with Crippen LogP contribution in [0.3, 0.4) is 0 Å². The average molecular weight is 291 g/mol. The summed E-state index contributed by atoms with van der Waals surface area (Å²) in [6.45, 7) is -0.110. The van der Waals surface area contributed by atoms with Gasteiger partial charge in [-0.3, -0.25) is 4.79 Å². The van der Waals surface area contributed by atoms with Gasteiger partial charge in [0.05, 0.1) is 6.61 Å². The Kier molecular flexibility index (Phi) is 4.62. The van der Waals surface area contributed by atoms with Gasteiger partial charge in [-0.15, -0.1) is 10.2 Å². The maximum absolute atomic E-state index is 12.0. The molecule has 2 aromatic rings. The third-order valence-corrected chi connectivity index (χ3v) is 2.69. The van der Waals surface area contributed by atoms with E-state index in [-0.39, 0.29) is 6.61 Å². The van der Waals surface area contributed by atoms with Crippen molar-refractivity contribution in [3.8, 4) is 11.5 Å². The highest BCUT2D eigenvalue weighted by atomic mass is 16.5. The molecule has 0 radical (unpaired) electrons. The molecular weight excluding hydrogens is 278 g/mol. The molecule has 8 heteroatoms. The normalized spacial score (nSPS) is 11.9. The van der Waals surface area contributed by atoms with Crippen LogP contribution in [0.2, 0.25) is 0 Å². The molecule has 2 rings (SSSR count). The molecule has 21 heavy (non-hydrogen) atoms. The molecule has 1 aromatic carbocycles. The number of ether oxygens (including phenoxy) is 1. The van der Waals surface area contributed by atoms with E-state index in [0.29, 0.717) is 17.0 Å². The van der Waals surface area contributed by atoms with E-state index in [1.165, 1.54) is 13.5 Å². The molecule has 0 spiro atoms. The molecular formula is C13H13N3O5. The lowest BCUT2D eigenvalue weighted by Crippen LogP contribution is -2.43. The van der Waals surface area contributed by atoms with Gasteiger partial charge in [-0.05, 0) is 24.3 Å². The van der Waals surface area contributed by atoms with Gasteiger partial charge in [0.1, 0.15) is 0 Å². The number of carboxylic acids is 1. The Bertz CT molecular complexity index is 609. The van der Waals surface area contributed by atoms with Crippen molar-refractivity contribution in [2.75, 3.05) is 13.7 Å². The van der Waals surface area contributed by atoms with Crippen molar-refractivity contribution in [1.29, 1.82) is 0 Å². The second-order valence-electron chi connectivity index (χ2n) is 4.14. The lowest BCUT2D eigenvalue weighted by Gasteiger charge is -2.13. The van der Waals surface area contributed by atoms with Crippen molar-refractivity contribution < 1.29 is 23.8 Å². The van der Waals surface area contributed by atoms with Crippen molar-refractivity contribution in [2.45, 2.75) is 6.04 Å². The zero-order valence-corrected chi connectivity index (χ0v) is 11.1. The fourth-order valence-corrected chi connectivity index (χ4v) is 1.65. The van der Waals surface area contributed by atoms with Crippen LogP contribution >= 0.6 is 0 Å². The summed E-state index contributed by atoms with van der Waals surface area (Å²) in [6.07, 6.45) is 1.21. The number of aromatic nitrogens is 2. The number of carboxylic acid groups (broad SMARTS) is 1. The maximum atomic E-state index is 12.0. The van der Waals surface area contributed by atoms with Crippen LogP contribution in [0.4, 0.5) is 0 Å². The van der Waals surface area contributed by atoms with E-state index in [1.54, 1.807) is 24.3 Å². The number of amides is 1. The summed E-state index contributed by atoms with van der Waals surface area (Å²) in [7, 11) is 1.36. The number of rotatable bonds is 6. The van der Waals surface area contributed by atoms with Gasteiger partial charge in [0.25, 0.3) is 5.91 Å². The molecule has 2 N–H and O–H groups in total. The Balaban J connectivity index is 2.07. The van der Waals surface area contributed by atoms with E-state index in [2.05, 4.69) is 15.5 Å². The summed E-state index contributed by atoms with van der Waals surface area (Å²) in [4.78, 5) is 22.9. The molecule has 0 fully saturated rings. The number of carbonyl (C=O) groups is 2. The summed E-state index contributed by atoms with van der Waals surface area (Å²) in [5.41, 5.74) is 0.983. The van der Waals surface area contributed by atoms with E-state index >= 15 is 0 Å². The third-order valence-electron chi connectivity index (χ3n) is 2.69. The average Bonchev–Trinajstić information content (AvgIpc) is 3.01. The van der Waals surface area contributed by atoms with E-state index in [9.17, 15) is 9.59 Å². The molecule has 1 atom stereocenters. The lowest BCUT2D eigenvalue weighted by atomic mass is 10.1. The number of methoxy groups -OCH3 is 1. The molecule has 1 amide bonds. The zero-order chi connectivity index (χ0) is 15.2. The van der Waals surface area contributed by atoms with Gasteiger partial charge in [0.2, 0.25) is 12.3 Å². The second kappa shape index (κ2) is 6.62. The molecule has 0 saturated carbocycles. The first-order chi connectivity index (χ1) is 10.1. The molecule has 0 aliphatic carbocycles. The molecule has 1 heterocycles. The van der Waals surface area contributed by atoms with Crippen molar-refractivity contribution >= 4 is 11.9 Å². The second-order valence-corrected chi connectivity index (χ2v) is 4.14. The number of hydrogen-bond acceptors (Lipinski definition) is 6. The number of aliphatic carboxylic acids is 1. The van der Waals surface area contributed by atoms with Gasteiger partial charge >= 0.3 is 5.97 Å². The van der Waals surface area contributed by atoms with E-state index < -0.39 is 17.9 Å². The Hall–Kier alpha value is -2.74. The number of hydrogen-bond donors (Lipinski definition) is 2. The predicted molar refractivity (Wildman–Crippen MR) is 70.5 cm³/mol. The van der Waals surface area contributed by atoms with E-state index in [4.69, 9.17) is 14.3 Å². The molecule has 110 valence electrons. The molecule has 1 aromatic heterocycles. The van der Waals surface area contributed by atoms with Crippen molar-refractivity contribution in [3.05, 3.63) is 36.2 Å². The van der Waals surface area contributed by atoms with Crippen LogP contribution in [0.25, 0.3) is 11.5 Å². The van der Waals surface area contributed by atoms with E-state index in [1.807, 2.05) is 0 Å². The highest BCUT2D eigenvalue weighted by molar-refractivity contribution is 5.96. The van der Waals surface area contributed by atoms with Crippen molar-refractivity contribution in [1.82, 2.24) is 15.5 Å². The molecule has 1 unspecified atom stereocenters. The summed E-state index contributed by atoms with van der Waals surface area (Å²) >= 11 is 0. The van der Waals surface area contributed by atoms with Gasteiger partial charge < -0.3 is 19.6 Å². The van der Waals surface area contributed by atoms with Crippen LogP contribution in [-0.2, 0) is 9.53 Å². The third kappa shape index (κ3) is 3.63. The van der Waals surface area contributed by atoms with Gasteiger partial charge in [0.15, 0.2) is 6.04 Å². The van der Waals surface area contributed by atoms with Crippen LogP contribution in [0, 0.1) is 0 Å². The minimum absolute atomic E-state index is 0.110. The van der Waals surface area contributed by atoms with Crippen LogP contribution in [-0.4, -0.2) is 46.9 Å². The molecule has 0 saturated heterocycles. The highest BCUT2D eigenvalue weighted by Gasteiger charge is 2.20. The molecule has 8 nitrogen and oxygen atoms in total. The first kappa shape index (κ1) is 14.7. The largest absolute Gasteiger partial charge is 0.480 e. The fraction of sp³-hybridized carbons (Fsp3) is 0.231. The Morgan fingerprint density at radius 2 is 2.10 bits per heavy atom. The van der Waals surface area contributed by atoms with Crippen molar-refractivity contribution in [2.24, 2.45) is 0 Å². The SMILES string of the molecule is COCC(NC(=O)c1ccc(-c2nnco2)cc1)C(=O)O. The summed E-state index contributed by atoms with van der Waals surface area (Å²) in [5.74, 6) is -1.33. The standard InChI is InChI=1S/C13H13N3O5/c1-20-6-10(13(18)19)15-11(17)8-2-4-9(5-3-8)12-16-14-7-21-12/h2-5,7,10H,6H2,1H3,(H,15,17)(H,18,19). The minimum atomic E-state index is -1.16. The van der Waals surface area contributed by atoms with Gasteiger partial charge in [0, 0.05) is 18.2 Å². The summed E-state index contributed by atoms with van der Waals surface area (Å²) < 4.78 is 9.78. The molecule has 0 aliphatic rings. The van der Waals surface area contributed by atoms with Crippen LogP contribution < -0.4 is 5.32 Å². The van der Waals surface area contributed by atoms with Gasteiger partial charge in [-0.1, -0.05) is 0 Å². The number of nitrogens with zero attached hydrogens (tertiary/aromatic N) is 2. The number of benzene rings is 1. The van der Waals surface area contributed by atoms with Gasteiger partial charge in [-0.25, -0.2) is 4.79 Å². The topological polar surface area (TPSA) is 115 Å². The molecule has 0 bridgehead atoms. The zero-order valence-electron chi connectivity index (χ0n) is 11.1. The first-order valence-corrected chi connectivity index (χ1v) is 6.01. The highest BCUT2D eigenvalue weighted by Crippen LogP contribution is 2.16. The maximum Gasteiger partial charge on any atom is 0.328 e. The Labute approximate surface area is 119 Å². The smallest absolute Gasteiger partial charge is 0.328 e. The predicted octanol–water partition coefficient (Wildman–Crippen LogP) is 0.566. The van der Waals surface area contributed by atoms with Crippen LogP contribution in [0.15, 0.2) is 35.1 Å². The van der Waals surface area contributed by atoms with Crippen LogP contribution in [0.1, 0.15) is 10.4 Å². The van der Waals surface area contributed by atoms with Gasteiger partial charge in [-0.2, -0.15) is 0 Å². The monoisotopic (exact) mass is 291 g/mol. The Morgan fingerprint density at radius 1 is 1.38 bits per heavy atom. The fourth-order valence-electron chi connectivity index (χ4n) is 1.65.